The third-order valence-electron chi connectivity index (χ3n) is 1.42. The van der Waals surface area contributed by atoms with Crippen LogP contribution in [0.15, 0.2) is 18.2 Å². The molecule has 0 aromatic heterocycles. The maximum absolute atomic E-state index is 12.8. The van der Waals surface area contributed by atoms with E-state index < -0.39 is 28.6 Å². The molecule has 0 heterocycles. The van der Waals surface area contributed by atoms with Crippen molar-refractivity contribution in [3.63, 3.8) is 0 Å². The summed E-state index contributed by atoms with van der Waals surface area (Å²) in [6.07, 6.45) is 0. The van der Waals surface area contributed by atoms with E-state index in [4.69, 9.17) is 11.6 Å². The first-order chi connectivity index (χ1) is 6.04. The van der Waals surface area contributed by atoms with Crippen LogP contribution in [0.3, 0.4) is 0 Å². The van der Waals surface area contributed by atoms with Crippen molar-refractivity contribution in [2.75, 3.05) is 0 Å². The van der Waals surface area contributed by atoms with Crippen LogP contribution in [0, 0.1) is 11.6 Å². The van der Waals surface area contributed by atoms with Crippen LogP contribution in [0.5, 0.6) is 0 Å². The summed E-state index contributed by atoms with van der Waals surface area (Å²) in [5.74, 6) is -3.86. The number of hydrogen-bond acceptors (Lipinski definition) is 1. The van der Waals surface area contributed by atoms with E-state index in [9.17, 15) is 18.0 Å². The Balaban J connectivity index is 3.15. The third kappa shape index (κ3) is 2.01. The van der Waals surface area contributed by atoms with Gasteiger partial charge in [-0.25, -0.2) is 13.2 Å². The van der Waals surface area contributed by atoms with Gasteiger partial charge in [0.1, 0.15) is 0 Å². The molecule has 0 saturated heterocycles. The Labute approximate surface area is 77.1 Å². The summed E-state index contributed by atoms with van der Waals surface area (Å²) in [7, 11) is 0. The van der Waals surface area contributed by atoms with E-state index in [-0.39, 0.29) is 0 Å². The number of halogens is 4. The number of carbonyl (C=O) groups excluding carboxylic acids is 1. The zero-order chi connectivity index (χ0) is 10.0. The first-order valence-corrected chi connectivity index (χ1v) is 3.74. The molecule has 1 unspecified atom stereocenters. The lowest BCUT2D eigenvalue weighted by Crippen LogP contribution is -2.12. The minimum absolute atomic E-state index is 0.678. The molecular formula is C8H4ClF3O. The van der Waals surface area contributed by atoms with Gasteiger partial charge >= 0.3 is 0 Å². The van der Waals surface area contributed by atoms with Gasteiger partial charge in [0.25, 0.3) is 0 Å². The SMILES string of the molecule is O=C(c1cccc(F)c1F)C(F)Cl. The lowest BCUT2D eigenvalue weighted by Gasteiger charge is -2.01. The Morgan fingerprint density at radius 3 is 2.54 bits per heavy atom. The van der Waals surface area contributed by atoms with Crippen molar-refractivity contribution in [2.45, 2.75) is 5.63 Å². The van der Waals surface area contributed by atoms with E-state index in [1.54, 1.807) is 0 Å². The molecular weight excluding hydrogens is 205 g/mol. The second kappa shape index (κ2) is 3.79. The van der Waals surface area contributed by atoms with Gasteiger partial charge in [-0.2, -0.15) is 0 Å². The average molecular weight is 209 g/mol. The molecule has 13 heavy (non-hydrogen) atoms. The zero-order valence-electron chi connectivity index (χ0n) is 6.23. The number of carbonyl (C=O) groups is 1. The second-order valence-electron chi connectivity index (χ2n) is 2.27. The van der Waals surface area contributed by atoms with Crippen LogP contribution < -0.4 is 0 Å². The Bertz CT molecular complexity index is 338. The van der Waals surface area contributed by atoms with E-state index in [1.807, 2.05) is 0 Å². The van der Waals surface area contributed by atoms with E-state index >= 15 is 0 Å². The van der Waals surface area contributed by atoms with Gasteiger partial charge in [-0.3, -0.25) is 4.79 Å². The minimum atomic E-state index is -2.35. The quantitative estimate of drug-likeness (QED) is 0.540. The monoisotopic (exact) mass is 208 g/mol. The predicted octanol–water partition coefficient (Wildman–Crippen LogP) is 2.68. The molecule has 0 bridgehead atoms. The highest BCUT2D eigenvalue weighted by molar-refractivity contribution is 6.32. The second-order valence-corrected chi connectivity index (χ2v) is 2.65. The van der Waals surface area contributed by atoms with Gasteiger partial charge in [0, 0.05) is 0 Å². The van der Waals surface area contributed by atoms with Gasteiger partial charge in [0.15, 0.2) is 11.6 Å². The van der Waals surface area contributed by atoms with Crippen LogP contribution in [0.4, 0.5) is 13.2 Å². The molecule has 0 spiro atoms. The van der Waals surface area contributed by atoms with E-state index in [0.29, 0.717) is 0 Å². The molecule has 0 aliphatic carbocycles. The van der Waals surface area contributed by atoms with Gasteiger partial charge in [0.2, 0.25) is 11.4 Å². The normalized spacial score (nSPS) is 12.6. The van der Waals surface area contributed by atoms with Gasteiger partial charge < -0.3 is 0 Å². The Hall–Kier alpha value is -1.03. The van der Waals surface area contributed by atoms with Gasteiger partial charge in [-0.15, -0.1) is 0 Å². The highest BCUT2D eigenvalue weighted by atomic mass is 35.5. The molecule has 70 valence electrons. The highest BCUT2D eigenvalue weighted by Gasteiger charge is 2.21. The summed E-state index contributed by atoms with van der Waals surface area (Å²) in [4.78, 5) is 10.8. The van der Waals surface area contributed by atoms with Crippen molar-refractivity contribution >= 4 is 17.4 Å². The molecule has 0 saturated carbocycles. The fourth-order valence-electron chi connectivity index (χ4n) is 0.812. The van der Waals surface area contributed by atoms with Crippen molar-refractivity contribution in [1.82, 2.24) is 0 Å². The first-order valence-electron chi connectivity index (χ1n) is 3.30. The zero-order valence-corrected chi connectivity index (χ0v) is 6.99. The number of hydrogen-bond donors (Lipinski definition) is 0. The van der Waals surface area contributed by atoms with Crippen LogP contribution in [-0.4, -0.2) is 11.4 Å². The minimum Gasteiger partial charge on any atom is -0.289 e. The maximum Gasteiger partial charge on any atom is 0.235 e. The van der Waals surface area contributed by atoms with Gasteiger partial charge in [0.05, 0.1) is 5.56 Å². The standard InChI is InChI=1S/C8H4ClF3O/c9-8(12)7(13)4-2-1-3-5(10)6(4)11/h1-3,8H. The first kappa shape index (κ1) is 10.1. The van der Waals surface area contributed by atoms with E-state index in [0.717, 1.165) is 18.2 Å². The Morgan fingerprint density at radius 2 is 2.00 bits per heavy atom. The van der Waals surface area contributed by atoms with Crippen molar-refractivity contribution in [3.8, 4) is 0 Å². The fourth-order valence-corrected chi connectivity index (χ4v) is 0.929. The smallest absolute Gasteiger partial charge is 0.235 e. The summed E-state index contributed by atoms with van der Waals surface area (Å²) < 4.78 is 37.5. The largest absolute Gasteiger partial charge is 0.289 e. The summed E-state index contributed by atoms with van der Waals surface area (Å²) in [6.45, 7) is 0. The third-order valence-corrected chi connectivity index (χ3v) is 1.61. The maximum atomic E-state index is 12.8. The Morgan fingerprint density at radius 1 is 1.38 bits per heavy atom. The predicted molar refractivity (Wildman–Crippen MR) is 41.4 cm³/mol. The number of alkyl halides is 2. The molecule has 0 radical (unpaired) electrons. The molecule has 1 rings (SSSR count). The lowest BCUT2D eigenvalue weighted by molar-refractivity contribution is 0.0929. The molecule has 0 fully saturated rings. The van der Waals surface area contributed by atoms with Crippen LogP contribution in [0.25, 0.3) is 0 Å². The summed E-state index contributed by atoms with van der Waals surface area (Å²) in [5.41, 5.74) is -3.03. The van der Waals surface area contributed by atoms with Crippen LogP contribution in [0.2, 0.25) is 0 Å². The molecule has 0 N–H and O–H groups in total. The van der Waals surface area contributed by atoms with E-state index in [2.05, 4.69) is 0 Å². The number of benzene rings is 1. The van der Waals surface area contributed by atoms with Gasteiger partial charge in [-0.1, -0.05) is 17.7 Å². The molecule has 1 aromatic rings. The highest BCUT2D eigenvalue weighted by Crippen LogP contribution is 2.15. The van der Waals surface area contributed by atoms with Crippen LogP contribution in [-0.2, 0) is 0 Å². The molecule has 1 aromatic carbocycles. The Kier molecular flexibility index (Phi) is 2.93. The van der Waals surface area contributed by atoms with Crippen LogP contribution in [0.1, 0.15) is 10.4 Å². The molecule has 1 atom stereocenters. The topological polar surface area (TPSA) is 17.1 Å². The van der Waals surface area contributed by atoms with Crippen LogP contribution >= 0.6 is 11.6 Å². The number of Topliss-reactive ketones (excluding diaryl/α,β-unsaturated/α-hetero) is 1. The van der Waals surface area contributed by atoms with Crippen molar-refractivity contribution < 1.29 is 18.0 Å². The van der Waals surface area contributed by atoms with Crippen molar-refractivity contribution in [3.05, 3.63) is 35.4 Å². The average Bonchev–Trinajstić information content (AvgIpc) is 2.08. The summed E-state index contributed by atoms with van der Waals surface area (Å²) in [6, 6.07) is 2.90. The lowest BCUT2D eigenvalue weighted by atomic mass is 10.1. The van der Waals surface area contributed by atoms with Gasteiger partial charge in [-0.05, 0) is 12.1 Å². The summed E-state index contributed by atoms with van der Waals surface area (Å²) in [5, 5.41) is 0. The van der Waals surface area contributed by atoms with Crippen molar-refractivity contribution in [2.24, 2.45) is 0 Å². The number of ketones is 1. The molecule has 0 amide bonds. The fraction of sp³-hybridized carbons (Fsp3) is 0.125. The molecule has 0 aliphatic heterocycles. The number of rotatable bonds is 2. The van der Waals surface area contributed by atoms with E-state index in [1.165, 1.54) is 0 Å². The molecule has 5 heteroatoms. The molecule has 0 aliphatic rings. The molecule has 1 nitrogen and oxygen atoms in total. The van der Waals surface area contributed by atoms with Crippen molar-refractivity contribution in [1.29, 1.82) is 0 Å². The summed E-state index contributed by atoms with van der Waals surface area (Å²) >= 11 is 4.78.